The Kier molecular flexibility index (Phi) is 4.93. The Hall–Kier alpha value is -3.07. The highest BCUT2D eigenvalue weighted by atomic mass is 16.4. The molecular weight excluding hydrogens is 334 g/mol. The van der Waals surface area contributed by atoms with Crippen LogP contribution in [0.4, 0.5) is 5.69 Å². The Morgan fingerprint density at radius 3 is 2.52 bits per heavy atom. The van der Waals surface area contributed by atoms with Crippen LogP contribution >= 0.6 is 0 Å². The molecule has 3 aromatic carbocycles. The van der Waals surface area contributed by atoms with Gasteiger partial charge in [0.1, 0.15) is 0 Å². The Bertz CT molecular complexity index is 950. The number of carboxylic acids is 1. The van der Waals surface area contributed by atoms with Crippen LogP contribution in [0.1, 0.15) is 23.1 Å². The van der Waals surface area contributed by atoms with Gasteiger partial charge in [-0.3, -0.25) is 4.79 Å². The quantitative estimate of drug-likeness (QED) is 0.703. The van der Waals surface area contributed by atoms with Crippen LogP contribution in [0.5, 0.6) is 0 Å². The molecule has 0 saturated carbocycles. The second-order valence-corrected chi connectivity index (χ2v) is 7.08. The first-order chi connectivity index (χ1) is 13.2. The van der Waals surface area contributed by atoms with Crippen LogP contribution in [-0.4, -0.2) is 17.6 Å². The lowest BCUT2D eigenvalue weighted by atomic mass is 9.95. The number of rotatable bonds is 5. The Morgan fingerprint density at radius 2 is 1.70 bits per heavy atom. The van der Waals surface area contributed by atoms with Crippen LogP contribution in [0.15, 0.2) is 72.8 Å². The number of aliphatic carboxylic acids is 1. The van der Waals surface area contributed by atoms with Gasteiger partial charge in [-0.05, 0) is 52.8 Å². The Balaban J connectivity index is 1.52. The van der Waals surface area contributed by atoms with Gasteiger partial charge >= 0.3 is 5.97 Å². The lowest BCUT2D eigenvalue weighted by Crippen LogP contribution is -2.30. The number of aryl methyl sites for hydroxylation is 1. The molecule has 1 aliphatic rings. The third-order valence-electron chi connectivity index (χ3n) is 5.23. The molecule has 3 aromatic rings. The standard InChI is InChI=1S/C24H23NO2/c26-24(27)12-10-18-9-11-22-17-25(14-13-21(22)15-18)23-8-4-7-20(16-23)19-5-2-1-3-6-19/h1-9,11,15-16H,10,12-14,17H2,(H,26,27). The van der Waals surface area contributed by atoms with Crippen molar-refractivity contribution in [1.82, 2.24) is 0 Å². The van der Waals surface area contributed by atoms with Crippen molar-refractivity contribution >= 4 is 11.7 Å². The minimum atomic E-state index is -0.739. The fourth-order valence-electron chi connectivity index (χ4n) is 3.75. The summed E-state index contributed by atoms with van der Waals surface area (Å²) in [4.78, 5) is 13.2. The highest BCUT2D eigenvalue weighted by Crippen LogP contribution is 2.29. The summed E-state index contributed by atoms with van der Waals surface area (Å²) >= 11 is 0. The zero-order chi connectivity index (χ0) is 18.6. The molecule has 3 nitrogen and oxygen atoms in total. The van der Waals surface area contributed by atoms with Gasteiger partial charge in [-0.15, -0.1) is 0 Å². The molecule has 0 bridgehead atoms. The molecule has 1 N–H and O–H groups in total. The number of hydrogen-bond donors (Lipinski definition) is 1. The average molecular weight is 357 g/mol. The Labute approximate surface area is 159 Å². The van der Waals surface area contributed by atoms with E-state index in [0.29, 0.717) is 6.42 Å². The third kappa shape index (κ3) is 4.03. The summed E-state index contributed by atoms with van der Waals surface area (Å²) in [7, 11) is 0. The van der Waals surface area contributed by atoms with Crippen molar-refractivity contribution in [3.8, 4) is 11.1 Å². The van der Waals surface area contributed by atoms with Crippen LogP contribution in [-0.2, 0) is 24.2 Å². The van der Waals surface area contributed by atoms with E-state index in [1.165, 1.54) is 27.9 Å². The maximum atomic E-state index is 10.8. The number of anilines is 1. The van der Waals surface area contributed by atoms with Gasteiger partial charge in [0.2, 0.25) is 0 Å². The molecule has 3 heteroatoms. The molecule has 0 spiro atoms. The molecular formula is C24H23NO2. The molecule has 0 aromatic heterocycles. The number of benzene rings is 3. The van der Waals surface area contributed by atoms with E-state index in [9.17, 15) is 4.79 Å². The van der Waals surface area contributed by atoms with E-state index >= 15 is 0 Å². The molecule has 0 saturated heterocycles. The molecule has 136 valence electrons. The summed E-state index contributed by atoms with van der Waals surface area (Å²) in [5.74, 6) is -0.739. The van der Waals surface area contributed by atoms with Crippen LogP contribution in [0.25, 0.3) is 11.1 Å². The topological polar surface area (TPSA) is 40.5 Å². The molecule has 0 radical (unpaired) electrons. The second kappa shape index (κ2) is 7.67. The summed E-state index contributed by atoms with van der Waals surface area (Å²) in [6.45, 7) is 1.88. The normalized spacial score (nSPS) is 13.3. The molecule has 27 heavy (non-hydrogen) atoms. The van der Waals surface area contributed by atoms with Gasteiger partial charge in [0.25, 0.3) is 0 Å². The van der Waals surface area contributed by atoms with Crippen molar-refractivity contribution in [2.24, 2.45) is 0 Å². The van der Waals surface area contributed by atoms with Gasteiger partial charge in [0, 0.05) is 25.2 Å². The van der Waals surface area contributed by atoms with Gasteiger partial charge in [0.15, 0.2) is 0 Å². The molecule has 0 amide bonds. The lowest BCUT2D eigenvalue weighted by Gasteiger charge is -2.31. The SMILES string of the molecule is O=C(O)CCc1ccc2c(c1)CCN(c1cccc(-c3ccccc3)c1)C2. The summed E-state index contributed by atoms with van der Waals surface area (Å²) in [6, 6.07) is 25.6. The predicted molar refractivity (Wildman–Crippen MR) is 109 cm³/mol. The number of carbonyl (C=O) groups is 1. The van der Waals surface area contributed by atoms with Crippen LogP contribution in [0.3, 0.4) is 0 Å². The van der Waals surface area contributed by atoms with E-state index < -0.39 is 5.97 Å². The van der Waals surface area contributed by atoms with Crippen molar-refractivity contribution in [3.63, 3.8) is 0 Å². The summed E-state index contributed by atoms with van der Waals surface area (Å²) in [5.41, 5.74) is 7.54. The zero-order valence-electron chi connectivity index (χ0n) is 15.3. The van der Waals surface area contributed by atoms with Gasteiger partial charge in [-0.25, -0.2) is 0 Å². The Morgan fingerprint density at radius 1 is 0.889 bits per heavy atom. The number of hydrogen-bond acceptors (Lipinski definition) is 2. The average Bonchev–Trinajstić information content (AvgIpc) is 2.72. The summed E-state index contributed by atoms with van der Waals surface area (Å²) < 4.78 is 0. The smallest absolute Gasteiger partial charge is 0.303 e. The maximum absolute atomic E-state index is 10.8. The highest BCUT2D eigenvalue weighted by molar-refractivity contribution is 5.69. The predicted octanol–water partition coefficient (Wildman–Crippen LogP) is 4.93. The largest absolute Gasteiger partial charge is 0.481 e. The maximum Gasteiger partial charge on any atom is 0.303 e. The first kappa shape index (κ1) is 17.3. The molecule has 0 unspecified atom stereocenters. The first-order valence-electron chi connectivity index (χ1n) is 9.42. The molecule has 0 atom stereocenters. The minimum Gasteiger partial charge on any atom is -0.481 e. The van der Waals surface area contributed by atoms with Gasteiger partial charge in [0.05, 0.1) is 0 Å². The fourth-order valence-corrected chi connectivity index (χ4v) is 3.75. The van der Waals surface area contributed by atoms with Crippen molar-refractivity contribution in [2.45, 2.75) is 25.8 Å². The summed E-state index contributed by atoms with van der Waals surface area (Å²) in [5, 5.41) is 8.87. The number of fused-ring (bicyclic) bond motifs is 1. The van der Waals surface area contributed by atoms with Gasteiger partial charge < -0.3 is 10.0 Å². The number of nitrogens with zero attached hydrogens (tertiary/aromatic N) is 1. The molecule has 0 aliphatic carbocycles. The van der Waals surface area contributed by atoms with Gasteiger partial charge in [-0.2, -0.15) is 0 Å². The van der Waals surface area contributed by atoms with E-state index in [4.69, 9.17) is 5.11 Å². The van der Waals surface area contributed by atoms with Crippen LogP contribution in [0.2, 0.25) is 0 Å². The van der Waals surface area contributed by atoms with Crippen molar-refractivity contribution in [2.75, 3.05) is 11.4 Å². The van der Waals surface area contributed by atoms with Gasteiger partial charge in [-0.1, -0.05) is 60.7 Å². The van der Waals surface area contributed by atoms with Crippen LogP contribution < -0.4 is 4.90 Å². The van der Waals surface area contributed by atoms with E-state index in [2.05, 4.69) is 71.6 Å². The van der Waals surface area contributed by atoms with Crippen LogP contribution in [0, 0.1) is 0 Å². The second-order valence-electron chi connectivity index (χ2n) is 7.08. The minimum absolute atomic E-state index is 0.192. The van der Waals surface area contributed by atoms with Crippen molar-refractivity contribution in [1.29, 1.82) is 0 Å². The summed E-state index contributed by atoms with van der Waals surface area (Å²) in [6.07, 6.45) is 1.79. The molecule has 1 aliphatic heterocycles. The zero-order valence-corrected chi connectivity index (χ0v) is 15.3. The van der Waals surface area contributed by atoms with Crippen molar-refractivity contribution < 1.29 is 9.90 Å². The lowest BCUT2D eigenvalue weighted by molar-refractivity contribution is -0.136. The first-order valence-corrected chi connectivity index (χ1v) is 9.42. The monoisotopic (exact) mass is 357 g/mol. The third-order valence-corrected chi connectivity index (χ3v) is 5.23. The molecule has 0 fully saturated rings. The fraction of sp³-hybridized carbons (Fsp3) is 0.208. The van der Waals surface area contributed by atoms with E-state index in [-0.39, 0.29) is 6.42 Å². The van der Waals surface area contributed by atoms with Crippen molar-refractivity contribution in [3.05, 3.63) is 89.5 Å². The van der Waals surface area contributed by atoms with E-state index in [1.807, 2.05) is 6.07 Å². The number of carboxylic acid groups (broad SMARTS) is 1. The molecule has 4 rings (SSSR count). The highest BCUT2D eigenvalue weighted by Gasteiger charge is 2.17. The van der Waals surface area contributed by atoms with E-state index in [0.717, 1.165) is 25.1 Å². The van der Waals surface area contributed by atoms with E-state index in [1.54, 1.807) is 0 Å². The molecule has 1 heterocycles.